The van der Waals surface area contributed by atoms with Crippen molar-refractivity contribution in [1.82, 2.24) is 14.4 Å². The van der Waals surface area contributed by atoms with Crippen molar-refractivity contribution in [3.63, 3.8) is 0 Å². The van der Waals surface area contributed by atoms with E-state index in [4.69, 9.17) is 4.42 Å². The van der Waals surface area contributed by atoms with Gasteiger partial charge in [0.25, 0.3) is 5.91 Å². The van der Waals surface area contributed by atoms with Crippen molar-refractivity contribution < 1.29 is 9.21 Å². The Bertz CT molecular complexity index is 1280. The Labute approximate surface area is 206 Å². The first-order valence-corrected chi connectivity index (χ1v) is 12.5. The third-order valence-corrected chi connectivity index (χ3v) is 6.98. The molecule has 0 radical (unpaired) electrons. The van der Waals surface area contributed by atoms with Crippen LogP contribution in [0.3, 0.4) is 0 Å². The fourth-order valence-corrected chi connectivity index (χ4v) is 4.92. The number of nitrogens with zero attached hydrogens (tertiary/aromatic N) is 3. The highest BCUT2D eigenvalue weighted by atomic mass is 16.3. The number of carbonyl (C=O) groups excluding carboxylic acids is 1. The Hall–Kier alpha value is -3.38. The molecule has 5 rings (SSSR count). The van der Waals surface area contributed by atoms with Gasteiger partial charge in [0.1, 0.15) is 17.1 Å². The molecule has 2 aliphatic rings. The molecule has 0 atom stereocenters. The Morgan fingerprint density at radius 2 is 1.77 bits per heavy atom. The molecule has 1 saturated carbocycles. The van der Waals surface area contributed by atoms with E-state index in [1.165, 1.54) is 5.56 Å². The summed E-state index contributed by atoms with van der Waals surface area (Å²) in [5.74, 6) is 1.84. The van der Waals surface area contributed by atoms with E-state index in [0.717, 1.165) is 55.4 Å². The molecular formula is C29H33N3O3. The van der Waals surface area contributed by atoms with Gasteiger partial charge < -0.3 is 13.9 Å². The maximum absolute atomic E-state index is 13.7. The van der Waals surface area contributed by atoms with Crippen molar-refractivity contribution >= 4 is 12.0 Å². The van der Waals surface area contributed by atoms with Crippen LogP contribution >= 0.6 is 0 Å². The molecule has 1 saturated heterocycles. The number of hydrogen-bond acceptors (Lipinski definition) is 4. The van der Waals surface area contributed by atoms with Crippen LogP contribution in [0.25, 0.3) is 6.08 Å². The number of pyridine rings is 1. The first-order chi connectivity index (χ1) is 17.0. The molecule has 1 aromatic carbocycles. The van der Waals surface area contributed by atoms with Gasteiger partial charge in [0.15, 0.2) is 5.43 Å². The van der Waals surface area contributed by atoms with Crippen LogP contribution in [0.4, 0.5) is 0 Å². The van der Waals surface area contributed by atoms with Crippen molar-refractivity contribution in [2.24, 2.45) is 0 Å². The van der Waals surface area contributed by atoms with Gasteiger partial charge in [-0.05, 0) is 44.4 Å². The second-order valence-electron chi connectivity index (χ2n) is 9.69. The Morgan fingerprint density at radius 3 is 2.43 bits per heavy atom. The molecule has 3 heterocycles. The van der Waals surface area contributed by atoms with Crippen LogP contribution < -0.4 is 5.43 Å². The first-order valence-electron chi connectivity index (χ1n) is 12.5. The first kappa shape index (κ1) is 23.4. The molecule has 1 aliphatic heterocycles. The highest BCUT2D eigenvalue weighted by molar-refractivity contribution is 5.95. The zero-order valence-corrected chi connectivity index (χ0v) is 20.6. The number of carbonyl (C=O) groups is 1. The van der Waals surface area contributed by atoms with Crippen molar-refractivity contribution in [2.45, 2.75) is 39.2 Å². The summed E-state index contributed by atoms with van der Waals surface area (Å²) >= 11 is 0. The van der Waals surface area contributed by atoms with Crippen molar-refractivity contribution in [3.05, 3.63) is 98.9 Å². The minimum Gasteiger partial charge on any atom is -0.464 e. The largest absolute Gasteiger partial charge is 0.464 e. The molecule has 1 amide bonds. The summed E-state index contributed by atoms with van der Waals surface area (Å²) in [6, 6.07) is 15.8. The number of hydrogen-bond donors (Lipinski definition) is 0. The SMILES string of the molecule is Cc1ccc(Cn2c(C)cc(=O)c(C(=O)N3CCN(CC=Cc4ccccc4)CC3)c2C2CC2)o1. The molecule has 0 unspecified atom stereocenters. The van der Waals surface area contributed by atoms with Gasteiger partial charge >= 0.3 is 0 Å². The zero-order valence-electron chi connectivity index (χ0n) is 20.6. The van der Waals surface area contributed by atoms with E-state index in [1.807, 2.05) is 49.1 Å². The fraction of sp³-hybridized carbons (Fsp3) is 0.379. The summed E-state index contributed by atoms with van der Waals surface area (Å²) in [5, 5.41) is 0. The second kappa shape index (κ2) is 10.1. The molecule has 6 nitrogen and oxygen atoms in total. The van der Waals surface area contributed by atoms with Crippen molar-refractivity contribution in [2.75, 3.05) is 32.7 Å². The van der Waals surface area contributed by atoms with Gasteiger partial charge in [-0.3, -0.25) is 14.5 Å². The molecule has 3 aromatic rings. The molecule has 6 heteroatoms. The van der Waals surface area contributed by atoms with E-state index in [2.05, 4.69) is 33.8 Å². The zero-order chi connectivity index (χ0) is 24.4. The normalized spacial score (nSPS) is 16.8. The quantitative estimate of drug-likeness (QED) is 0.511. The summed E-state index contributed by atoms with van der Waals surface area (Å²) in [5.41, 5.74) is 3.15. The maximum atomic E-state index is 13.7. The van der Waals surface area contributed by atoms with Crippen LogP contribution in [0.2, 0.25) is 0 Å². The fourth-order valence-electron chi connectivity index (χ4n) is 4.92. The summed E-state index contributed by atoms with van der Waals surface area (Å²) in [6.45, 7) is 8.12. The van der Waals surface area contributed by atoms with E-state index in [-0.39, 0.29) is 17.3 Å². The molecule has 35 heavy (non-hydrogen) atoms. The summed E-state index contributed by atoms with van der Waals surface area (Å²) in [4.78, 5) is 31.0. The maximum Gasteiger partial charge on any atom is 0.259 e. The van der Waals surface area contributed by atoms with Crippen molar-refractivity contribution in [3.8, 4) is 0 Å². The molecule has 2 aromatic heterocycles. The second-order valence-corrected chi connectivity index (χ2v) is 9.69. The average Bonchev–Trinajstić information content (AvgIpc) is 3.62. The summed E-state index contributed by atoms with van der Waals surface area (Å²) in [7, 11) is 0. The Kier molecular flexibility index (Phi) is 6.73. The lowest BCUT2D eigenvalue weighted by atomic mass is 10.0. The van der Waals surface area contributed by atoms with Gasteiger partial charge in [0.05, 0.1) is 6.54 Å². The number of amides is 1. The van der Waals surface area contributed by atoms with Crippen molar-refractivity contribution in [1.29, 1.82) is 0 Å². The predicted molar refractivity (Wildman–Crippen MR) is 138 cm³/mol. The third kappa shape index (κ3) is 5.33. The van der Waals surface area contributed by atoms with Crippen LogP contribution in [-0.4, -0.2) is 53.0 Å². The molecule has 0 bridgehead atoms. The highest BCUT2D eigenvalue weighted by Crippen LogP contribution is 2.42. The molecule has 1 aliphatic carbocycles. The van der Waals surface area contributed by atoms with Gasteiger partial charge in [0, 0.05) is 56.1 Å². The standard InChI is InChI=1S/C29H33N3O3/c1-21-19-26(33)27(28(24-11-12-24)32(21)20-25-13-10-22(2)35-25)29(34)31-17-15-30(16-18-31)14-6-9-23-7-4-3-5-8-23/h3-10,13,19,24H,11-12,14-18,20H2,1-2H3. The smallest absolute Gasteiger partial charge is 0.259 e. The van der Waals surface area contributed by atoms with Gasteiger partial charge in [-0.1, -0.05) is 42.5 Å². The topological polar surface area (TPSA) is 58.7 Å². The number of piperazine rings is 1. The monoisotopic (exact) mass is 471 g/mol. The summed E-state index contributed by atoms with van der Waals surface area (Å²) in [6.07, 6.45) is 6.34. The van der Waals surface area contributed by atoms with Gasteiger partial charge in [-0.2, -0.15) is 0 Å². The van der Waals surface area contributed by atoms with Crippen LogP contribution in [0.15, 0.2) is 63.8 Å². The average molecular weight is 472 g/mol. The lowest BCUT2D eigenvalue weighted by Crippen LogP contribution is -2.49. The van der Waals surface area contributed by atoms with Gasteiger partial charge in [-0.15, -0.1) is 0 Å². The number of furan rings is 1. The van der Waals surface area contributed by atoms with Crippen LogP contribution in [0.5, 0.6) is 0 Å². The number of aromatic nitrogens is 1. The predicted octanol–water partition coefficient (Wildman–Crippen LogP) is 4.46. The van der Waals surface area contributed by atoms with E-state index < -0.39 is 0 Å². The van der Waals surface area contributed by atoms with Crippen LogP contribution in [0.1, 0.15) is 57.6 Å². The Balaban J connectivity index is 1.31. The molecule has 0 N–H and O–H groups in total. The minimum atomic E-state index is -0.158. The number of benzene rings is 1. The van der Waals surface area contributed by atoms with Crippen LogP contribution in [0, 0.1) is 13.8 Å². The van der Waals surface area contributed by atoms with E-state index in [9.17, 15) is 9.59 Å². The van der Waals surface area contributed by atoms with Gasteiger partial charge in [-0.25, -0.2) is 0 Å². The molecule has 182 valence electrons. The Morgan fingerprint density at radius 1 is 1.03 bits per heavy atom. The van der Waals surface area contributed by atoms with E-state index in [0.29, 0.717) is 25.2 Å². The third-order valence-electron chi connectivity index (χ3n) is 6.98. The molecule has 2 fully saturated rings. The van der Waals surface area contributed by atoms with Gasteiger partial charge in [0.2, 0.25) is 0 Å². The molecular weight excluding hydrogens is 438 g/mol. The van der Waals surface area contributed by atoms with E-state index >= 15 is 0 Å². The lowest BCUT2D eigenvalue weighted by Gasteiger charge is -2.34. The molecule has 0 spiro atoms. The number of aryl methyl sites for hydroxylation is 2. The lowest BCUT2D eigenvalue weighted by molar-refractivity contribution is 0.0646. The highest BCUT2D eigenvalue weighted by Gasteiger charge is 2.35. The number of rotatable bonds is 7. The van der Waals surface area contributed by atoms with Crippen LogP contribution in [-0.2, 0) is 6.54 Å². The summed E-state index contributed by atoms with van der Waals surface area (Å²) < 4.78 is 7.93. The minimum absolute atomic E-state index is 0.124. The van der Waals surface area contributed by atoms with E-state index in [1.54, 1.807) is 6.07 Å².